The molecule has 1 aromatic carbocycles. The van der Waals surface area contributed by atoms with Crippen molar-refractivity contribution in [2.45, 2.75) is 55.6 Å². The van der Waals surface area contributed by atoms with Gasteiger partial charge in [0.1, 0.15) is 10.0 Å². The second-order valence-electron chi connectivity index (χ2n) is 9.03. The number of hydrogen-bond donors (Lipinski definition) is 2. The van der Waals surface area contributed by atoms with Crippen LogP contribution in [0.5, 0.6) is 0 Å². The van der Waals surface area contributed by atoms with Gasteiger partial charge in [-0.25, -0.2) is 22.6 Å². The molecule has 1 fully saturated rings. The van der Waals surface area contributed by atoms with E-state index in [2.05, 4.69) is 17.2 Å². The average Bonchev–Trinajstić information content (AvgIpc) is 3.29. The molecule has 1 aromatic heterocycles. The highest BCUT2D eigenvalue weighted by molar-refractivity contribution is 7.94. The Hall–Kier alpha value is -2.78. The number of sulfone groups is 1. The fraction of sp³-hybridized carbons (Fsp3) is 0.522. The number of halogens is 4. The summed E-state index contributed by atoms with van der Waals surface area (Å²) in [5, 5.41) is 11.3. The van der Waals surface area contributed by atoms with Crippen LogP contribution in [0.15, 0.2) is 28.6 Å². The number of hydrogen-bond acceptors (Lipinski definition) is 7. The molecular formula is C23H27F4N3O6S2. The molecule has 1 saturated carbocycles. The second-order valence-corrected chi connectivity index (χ2v) is 12.3. The highest BCUT2D eigenvalue weighted by Crippen LogP contribution is 2.33. The summed E-state index contributed by atoms with van der Waals surface area (Å²) in [6.45, 7) is 1.58. The molecule has 1 aliphatic rings. The largest absolute Gasteiger partial charge is 0.480 e. The second kappa shape index (κ2) is 12.4. The van der Waals surface area contributed by atoms with Gasteiger partial charge in [0, 0.05) is 12.6 Å². The minimum atomic E-state index is -4.75. The van der Waals surface area contributed by atoms with Gasteiger partial charge in [0.15, 0.2) is 20.7 Å². The van der Waals surface area contributed by atoms with E-state index in [0.717, 1.165) is 31.2 Å². The maximum absolute atomic E-state index is 13.3. The average molecular weight is 582 g/mol. The standard InChI is InChI=1S/C23H27F4N3O6S2/c1-14-2-6-17(7-3-14)30(8-9-36-12-15-4-5-16(24)10-18(15)23(25,26)27)22(33)29-21-28-11-20(37-21)38(34,35)13-19(31)32/h4-5,10-11,14,17H,2-3,6-9,12-13H2,1H3,(H,31,32)(H,28,29,33)/t14-,17-. The lowest BCUT2D eigenvalue weighted by Gasteiger charge is -2.36. The van der Waals surface area contributed by atoms with Crippen LogP contribution in [0.2, 0.25) is 0 Å². The van der Waals surface area contributed by atoms with E-state index in [1.807, 2.05) is 0 Å². The zero-order valence-corrected chi connectivity index (χ0v) is 22.0. The first-order valence-electron chi connectivity index (χ1n) is 11.7. The van der Waals surface area contributed by atoms with Crippen LogP contribution in [0.1, 0.15) is 43.7 Å². The summed E-state index contributed by atoms with van der Waals surface area (Å²) in [6, 6.07) is 1.55. The number of carboxylic acids is 1. The third kappa shape index (κ3) is 8.11. The quantitative estimate of drug-likeness (QED) is 0.305. The molecule has 210 valence electrons. The molecule has 2 N–H and O–H groups in total. The lowest BCUT2D eigenvalue weighted by atomic mass is 9.86. The van der Waals surface area contributed by atoms with E-state index >= 15 is 0 Å². The summed E-state index contributed by atoms with van der Waals surface area (Å²) in [5.41, 5.74) is -1.37. The number of amides is 2. The van der Waals surface area contributed by atoms with Gasteiger partial charge in [0.05, 0.1) is 25.0 Å². The van der Waals surface area contributed by atoms with Crippen molar-refractivity contribution in [3.05, 3.63) is 41.3 Å². The van der Waals surface area contributed by atoms with Gasteiger partial charge in [0.2, 0.25) is 0 Å². The normalized spacial score (nSPS) is 18.2. The molecule has 0 saturated heterocycles. The Kier molecular flexibility index (Phi) is 9.70. The molecule has 38 heavy (non-hydrogen) atoms. The smallest absolute Gasteiger partial charge is 0.416 e. The van der Waals surface area contributed by atoms with Crippen molar-refractivity contribution in [2.75, 3.05) is 24.2 Å². The summed E-state index contributed by atoms with van der Waals surface area (Å²) >= 11 is 0.616. The van der Waals surface area contributed by atoms with Crippen molar-refractivity contribution >= 4 is 38.3 Å². The summed E-state index contributed by atoms with van der Waals surface area (Å²) in [6.07, 6.45) is -0.656. The van der Waals surface area contributed by atoms with Crippen LogP contribution < -0.4 is 5.32 Å². The molecule has 0 spiro atoms. The fourth-order valence-electron chi connectivity index (χ4n) is 4.15. The lowest BCUT2D eigenvalue weighted by Crippen LogP contribution is -2.46. The van der Waals surface area contributed by atoms with E-state index < -0.39 is 51.8 Å². The van der Waals surface area contributed by atoms with E-state index in [1.165, 1.54) is 4.90 Å². The minimum absolute atomic E-state index is 0.0307. The first-order valence-corrected chi connectivity index (χ1v) is 14.1. The number of aliphatic carboxylic acids is 1. The number of rotatable bonds is 10. The van der Waals surface area contributed by atoms with Crippen LogP contribution in [0, 0.1) is 11.7 Å². The van der Waals surface area contributed by atoms with E-state index in [4.69, 9.17) is 9.84 Å². The molecule has 3 rings (SSSR count). The van der Waals surface area contributed by atoms with Crippen molar-refractivity contribution in [3.63, 3.8) is 0 Å². The molecule has 15 heteroatoms. The Morgan fingerprint density at radius 3 is 2.55 bits per heavy atom. The number of aromatic nitrogens is 1. The Labute approximate surface area is 220 Å². The third-order valence-electron chi connectivity index (χ3n) is 6.12. The van der Waals surface area contributed by atoms with Crippen LogP contribution in [0.4, 0.5) is 27.5 Å². The van der Waals surface area contributed by atoms with E-state index in [-0.39, 0.29) is 34.1 Å². The van der Waals surface area contributed by atoms with Gasteiger partial charge in [-0.15, -0.1) is 0 Å². The van der Waals surface area contributed by atoms with Gasteiger partial charge in [-0.05, 0) is 49.3 Å². The number of nitrogens with one attached hydrogen (secondary N) is 1. The van der Waals surface area contributed by atoms with Gasteiger partial charge in [0.25, 0.3) is 0 Å². The Morgan fingerprint density at radius 1 is 1.24 bits per heavy atom. The zero-order valence-electron chi connectivity index (χ0n) is 20.3. The minimum Gasteiger partial charge on any atom is -0.480 e. The third-order valence-corrected chi connectivity index (χ3v) is 9.18. The molecule has 9 nitrogen and oxygen atoms in total. The summed E-state index contributed by atoms with van der Waals surface area (Å²) < 4.78 is 82.4. The number of carboxylic acid groups (broad SMARTS) is 1. The number of urea groups is 1. The van der Waals surface area contributed by atoms with Gasteiger partial charge in [-0.3, -0.25) is 10.1 Å². The molecule has 1 aliphatic carbocycles. The molecule has 0 atom stereocenters. The first kappa shape index (κ1) is 29.8. The SMILES string of the molecule is C[C@H]1CC[C@H](N(CCOCc2ccc(F)cc2C(F)(F)F)C(=O)Nc2ncc(S(=O)(=O)CC(=O)O)s2)CC1. The Balaban J connectivity index is 1.67. The molecular weight excluding hydrogens is 554 g/mol. The lowest BCUT2D eigenvalue weighted by molar-refractivity contribution is -0.139. The van der Waals surface area contributed by atoms with Gasteiger partial charge in [-0.1, -0.05) is 24.3 Å². The zero-order chi connectivity index (χ0) is 28.1. The number of ether oxygens (including phenoxy) is 1. The maximum Gasteiger partial charge on any atom is 0.416 e. The number of alkyl halides is 3. The predicted molar refractivity (Wildman–Crippen MR) is 130 cm³/mol. The monoisotopic (exact) mass is 581 g/mol. The molecule has 2 amide bonds. The number of nitrogens with zero attached hydrogens (tertiary/aromatic N) is 2. The van der Waals surface area contributed by atoms with Crippen LogP contribution in [0.3, 0.4) is 0 Å². The highest BCUT2D eigenvalue weighted by Gasteiger charge is 2.34. The molecule has 1 heterocycles. The Bertz CT molecular complexity index is 1240. The molecule has 0 radical (unpaired) electrons. The highest BCUT2D eigenvalue weighted by atomic mass is 32.2. The van der Waals surface area contributed by atoms with E-state index in [0.29, 0.717) is 36.2 Å². The molecule has 0 bridgehead atoms. The van der Waals surface area contributed by atoms with Crippen molar-refractivity contribution < 1.29 is 45.4 Å². The molecule has 0 aliphatic heterocycles. The number of anilines is 1. The number of thiazole rings is 1. The van der Waals surface area contributed by atoms with Gasteiger partial charge < -0.3 is 14.7 Å². The number of benzene rings is 1. The molecule has 2 aromatic rings. The van der Waals surface area contributed by atoms with Crippen LogP contribution in [0.25, 0.3) is 0 Å². The topological polar surface area (TPSA) is 126 Å². The van der Waals surface area contributed by atoms with Crippen molar-refractivity contribution in [2.24, 2.45) is 5.92 Å². The number of carbonyl (C=O) groups excluding carboxylic acids is 1. The fourth-order valence-corrected chi connectivity index (χ4v) is 6.29. The van der Waals surface area contributed by atoms with Gasteiger partial charge >= 0.3 is 18.2 Å². The van der Waals surface area contributed by atoms with Crippen molar-refractivity contribution in [1.29, 1.82) is 0 Å². The predicted octanol–water partition coefficient (Wildman–Crippen LogP) is 4.79. The van der Waals surface area contributed by atoms with Crippen LogP contribution in [-0.2, 0) is 32.2 Å². The van der Waals surface area contributed by atoms with Crippen LogP contribution in [-0.4, -0.2) is 60.4 Å². The summed E-state index contributed by atoms with van der Waals surface area (Å²) in [4.78, 5) is 29.3. The molecule has 0 unspecified atom stereocenters. The van der Waals surface area contributed by atoms with Crippen molar-refractivity contribution in [1.82, 2.24) is 9.88 Å². The van der Waals surface area contributed by atoms with E-state index in [9.17, 15) is 35.6 Å². The van der Waals surface area contributed by atoms with Crippen LogP contribution >= 0.6 is 11.3 Å². The van der Waals surface area contributed by atoms with Crippen molar-refractivity contribution in [3.8, 4) is 0 Å². The maximum atomic E-state index is 13.3. The van der Waals surface area contributed by atoms with E-state index in [1.54, 1.807) is 0 Å². The number of carbonyl (C=O) groups is 2. The summed E-state index contributed by atoms with van der Waals surface area (Å²) in [5.74, 6) is -3.18. The van der Waals surface area contributed by atoms with Gasteiger partial charge in [-0.2, -0.15) is 13.2 Å². The Morgan fingerprint density at radius 2 is 1.92 bits per heavy atom. The summed E-state index contributed by atoms with van der Waals surface area (Å²) in [7, 11) is -4.11. The first-order chi connectivity index (χ1) is 17.8.